The molecule has 0 heterocycles. The van der Waals surface area contributed by atoms with Crippen molar-refractivity contribution in [2.45, 2.75) is 5.92 Å². The number of non-ortho nitro benzene ring substituents is 1. The average Bonchev–Trinajstić information content (AvgIpc) is 3.56. The van der Waals surface area contributed by atoms with Crippen molar-refractivity contribution in [2.75, 3.05) is 146 Å². The van der Waals surface area contributed by atoms with Gasteiger partial charge in [0.2, 0.25) is 0 Å². The van der Waals surface area contributed by atoms with Gasteiger partial charge < -0.3 is 57.0 Å². The molecule has 0 aliphatic heterocycles. The molecule has 4 rings (SSSR count). The van der Waals surface area contributed by atoms with E-state index >= 15 is 0 Å². The van der Waals surface area contributed by atoms with Gasteiger partial charge in [0.1, 0.15) is 19.0 Å². The maximum atomic E-state index is 12.6. The monoisotopic (exact) mass is 814 g/mol. The lowest BCUT2D eigenvalue weighted by Gasteiger charge is -2.19. The molecule has 16 nitrogen and oxygen atoms in total. The molecule has 16 heteroatoms. The van der Waals surface area contributed by atoms with Crippen LogP contribution in [0.4, 0.5) is 10.5 Å². The molecule has 0 fully saturated rings. The number of amides is 1. The van der Waals surface area contributed by atoms with E-state index in [1.54, 1.807) is 19.2 Å². The maximum absolute atomic E-state index is 12.6. The van der Waals surface area contributed by atoms with Crippen LogP contribution in [0.2, 0.25) is 0 Å². The second kappa shape index (κ2) is 29.1. The molecule has 0 atom stereocenters. The molecule has 1 aliphatic rings. The minimum Gasteiger partial charge on any atom is -0.491 e. The summed E-state index contributed by atoms with van der Waals surface area (Å²) in [6.45, 7) is 9.11. The van der Waals surface area contributed by atoms with Crippen LogP contribution in [0.25, 0.3) is 11.1 Å². The number of carbonyl (C=O) groups excluding carboxylic acids is 1. The predicted octanol–water partition coefficient (Wildman–Crippen LogP) is 5.00. The lowest BCUT2D eigenvalue weighted by Crippen LogP contribution is -2.32. The van der Waals surface area contributed by atoms with Crippen molar-refractivity contribution in [3.05, 3.63) is 94.0 Å². The van der Waals surface area contributed by atoms with Crippen LogP contribution in [0, 0.1) is 10.1 Å². The Morgan fingerprint density at radius 2 is 0.897 bits per heavy atom. The predicted molar refractivity (Wildman–Crippen MR) is 214 cm³/mol. The van der Waals surface area contributed by atoms with Crippen LogP contribution in [0.15, 0.2) is 72.8 Å². The van der Waals surface area contributed by atoms with Crippen LogP contribution in [0.3, 0.4) is 0 Å². The molecule has 0 aromatic heterocycles. The van der Waals surface area contributed by atoms with E-state index in [2.05, 4.69) is 24.3 Å². The Kier molecular flexibility index (Phi) is 23.3. The molecule has 0 unspecified atom stereocenters. The maximum Gasteiger partial charge on any atom is 0.409 e. The Balaban J connectivity index is 0.805. The third-order valence-electron chi connectivity index (χ3n) is 8.74. The molecule has 1 aliphatic carbocycles. The van der Waals surface area contributed by atoms with Crippen LogP contribution in [-0.2, 0) is 47.4 Å². The third-order valence-corrected chi connectivity index (χ3v) is 8.74. The SMILES string of the molecule is CN(CCOCCOCCOCCOCCOCCOCCOCCOCCOCCOc1ccc([N+](=O)[O-])cc1)C(=O)OCC1c2ccccc2-c2ccccc21. The van der Waals surface area contributed by atoms with Gasteiger partial charge in [-0.05, 0) is 34.4 Å². The first-order valence-electron chi connectivity index (χ1n) is 19.7. The number of fused-ring (bicyclic) bond motifs is 3. The molecule has 3 aromatic rings. The third kappa shape index (κ3) is 18.1. The van der Waals surface area contributed by atoms with Crippen LogP contribution < -0.4 is 4.74 Å². The van der Waals surface area contributed by atoms with Crippen LogP contribution in [0.5, 0.6) is 5.75 Å². The highest BCUT2D eigenvalue weighted by Crippen LogP contribution is 2.44. The Morgan fingerprint density at radius 3 is 1.29 bits per heavy atom. The van der Waals surface area contributed by atoms with Gasteiger partial charge in [-0.15, -0.1) is 0 Å². The second-order valence-electron chi connectivity index (χ2n) is 12.8. The van der Waals surface area contributed by atoms with Gasteiger partial charge in [-0.1, -0.05) is 48.5 Å². The largest absolute Gasteiger partial charge is 0.491 e. The van der Waals surface area contributed by atoms with Gasteiger partial charge in [0.25, 0.3) is 5.69 Å². The minimum atomic E-state index is -0.454. The van der Waals surface area contributed by atoms with Gasteiger partial charge in [-0.2, -0.15) is 0 Å². The van der Waals surface area contributed by atoms with Gasteiger partial charge in [0, 0.05) is 31.6 Å². The summed E-state index contributed by atoms with van der Waals surface area (Å²) in [5.74, 6) is 0.583. The average molecular weight is 815 g/mol. The molecule has 58 heavy (non-hydrogen) atoms. The van der Waals surface area contributed by atoms with Crippen molar-refractivity contribution in [3.63, 3.8) is 0 Å². The molecule has 0 spiro atoms. The molecule has 0 bridgehead atoms. The second-order valence-corrected chi connectivity index (χ2v) is 12.8. The number of hydrogen-bond donors (Lipinski definition) is 0. The zero-order valence-electron chi connectivity index (χ0n) is 33.5. The van der Waals surface area contributed by atoms with E-state index in [9.17, 15) is 14.9 Å². The topological polar surface area (TPSA) is 165 Å². The summed E-state index contributed by atoms with van der Waals surface area (Å²) in [7, 11) is 1.71. The Morgan fingerprint density at radius 1 is 0.534 bits per heavy atom. The summed E-state index contributed by atoms with van der Waals surface area (Å²) in [6, 6.07) is 22.4. The van der Waals surface area contributed by atoms with E-state index in [4.69, 9.17) is 52.1 Å². The fraction of sp³-hybridized carbons (Fsp3) is 0.548. The Hall–Kier alpha value is -4.23. The molecular formula is C42H58N2O14. The molecule has 0 N–H and O–H groups in total. The van der Waals surface area contributed by atoms with Crippen LogP contribution in [0.1, 0.15) is 17.0 Å². The molecule has 0 radical (unpaired) electrons. The summed E-state index contributed by atoms with van der Waals surface area (Å²) >= 11 is 0. The van der Waals surface area contributed by atoms with Crippen molar-refractivity contribution in [3.8, 4) is 16.9 Å². The summed E-state index contributed by atoms with van der Waals surface area (Å²) < 4.78 is 60.7. The summed E-state index contributed by atoms with van der Waals surface area (Å²) in [4.78, 5) is 24.4. The van der Waals surface area contributed by atoms with Crippen LogP contribution in [-0.4, -0.2) is 162 Å². The van der Waals surface area contributed by atoms with Crippen LogP contribution >= 0.6 is 0 Å². The van der Waals surface area contributed by atoms with Gasteiger partial charge in [-0.3, -0.25) is 10.1 Å². The van der Waals surface area contributed by atoms with E-state index in [0.717, 1.165) is 0 Å². The molecule has 0 saturated carbocycles. The first-order chi connectivity index (χ1) is 28.5. The summed E-state index contributed by atoms with van der Waals surface area (Å²) in [6.07, 6.45) is -0.371. The first kappa shape index (κ1) is 46.5. The number of carbonyl (C=O) groups is 1. The number of rotatable bonds is 34. The molecule has 1 amide bonds. The van der Waals surface area contributed by atoms with Gasteiger partial charge in [0.15, 0.2) is 0 Å². The zero-order valence-corrected chi connectivity index (χ0v) is 33.5. The normalized spacial score (nSPS) is 12.0. The molecular weight excluding hydrogens is 756 g/mol. The number of nitro groups is 1. The summed E-state index contributed by atoms with van der Waals surface area (Å²) in [5, 5.41) is 10.7. The van der Waals surface area contributed by atoms with Gasteiger partial charge in [0.05, 0.1) is 124 Å². The lowest BCUT2D eigenvalue weighted by atomic mass is 9.98. The van der Waals surface area contributed by atoms with Crippen molar-refractivity contribution in [2.24, 2.45) is 0 Å². The number of likely N-dealkylation sites (N-methyl/N-ethyl adjacent to an activating group) is 1. The highest BCUT2D eigenvalue weighted by atomic mass is 16.6. The minimum absolute atomic E-state index is 0.0215. The van der Waals surface area contributed by atoms with E-state index in [1.807, 2.05) is 24.3 Å². The highest BCUT2D eigenvalue weighted by Gasteiger charge is 2.29. The lowest BCUT2D eigenvalue weighted by molar-refractivity contribution is -0.384. The molecule has 3 aromatic carbocycles. The Bertz CT molecular complexity index is 1520. The summed E-state index contributed by atoms with van der Waals surface area (Å²) in [5.41, 5.74) is 4.80. The first-order valence-corrected chi connectivity index (χ1v) is 19.7. The number of hydrogen-bond acceptors (Lipinski definition) is 14. The fourth-order valence-electron chi connectivity index (χ4n) is 5.74. The van der Waals surface area contributed by atoms with E-state index < -0.39 is 4.92 Å². The van der Waals surface area contributed by atoms with Gasteiger partial charge >= 0.3 is 6.09 Å². The standard InChI is InChI=1S/C42H58N2O14/c1-43(42(45)58-34-41-39-8-4-2-6-37(39)38-7-3-5-9-40(38)41)14-15-48-16-17-49-18-19-50-20-21-51-22-23-52-24-25-53-26-27-54-28-29-55-30-31-56-32-33-57-36-12-10-35(11-13-36)44(46)47/h2-13,41H,14-34H2,1H3. The quantitative estimate of drug-likeness (QED) is 0.0449. The van der Waals surface area contributed by atoms with E-state index in [0.29, 0.717) is 144 Å². The smallest absolute Gasteiger partial charge is 0.409 e. The zero-order chi connectivity index (χ0) is 40.9. The van der Waals surface area contributed by atoms with Crippen molar-refractivity contribution >= 4 is 11.8 Å². The highest BCUT2D eigenvalue weighted by molar-refractivity contribution is 5.79. The van der Waals surface area contributed by atoms with Crippen molar-refractivity contribution in [1.82, 2.24) is 4.90 Å². The van der Waals surface area contributed by atoms with E-state index in [1.165, 1.54) is 39.3 Å². The fourth-order valence-corrected chi connectivity index (χ4v) is 5.74. The number of nitrogens with zero attached hydrogens (tertiary/aromatic N) is 2. The molecule has 0 saturated heterocycles. The number of benzene rings is 3. The van der Waals surface area contributed by atoms with Crippen molar-refractivity contribution < 1.29 is 61.8 Å². The Labute approximate surface area is 340 Å². The van der Waals surface area contributed by atoms with E-state index in [-0.39, 0.29) is 17.7 Å². The van der Waals surface area contributed by atoms with Crippen molar-refractivity contribution in [1.29, 1.82) is 0 Å². The molecule has 320 valence electrons. The number of nitro benzene ring substituents is 1. The number of ether oxygens (including phenoxy) is 11. The van der Waals surface area contributed by atoms with Gasteiger partial charge in [-0.25, -0.2) is 4.79 Å².